The molecular weight excluding hydrogens is 200 g/mol. The Labute approximate surface area is 97.6 Å². The van der Waals surface area contributed by atoms with E-state index in [4.69, 9.17) is 0 Å². The minimum atomic E-state index is 0.508. The van der Waals surface area contributed by atoms with Crippen LogP contribution in [-0.4, -0.2) is 41.9 Å². The van der Waals surface area contributed by atoms with Crippen molar-refractivity contribution >= 4 is 0 Å². The summed E-state index contributed by atoms with van der Waals surface area (Å²) in [7, 11) is 6.29. The van der Waals surface area contributed by atoms with E-state index in [1.165, 1.54) is 25.1 Å². The maximum absolute atomic E-state index is 4.29. The molecule has 2 heterocycles. The van der Waals surface area contributed by atoms with Gasteiger partial charge in [0.1, 0.15) is 0 Å². The standard InChI is InChI=1S/C12H22N4/c1-13-9-10-5-4-8-15(2)12(10)11-6-7-14-16(11)3/h6-7,10,12-13H,4-5,8-9H2,1-3H3/t10-,12+/m1/s1. The fourth-order valence-electron chi connectivity index (χ4n) is 2.88. The maximum atomic E-state index is 4.29. The van der Waals surface area contributed by atoms with Crippen molar-refractivity contribution in [3.63, 3.8) is 0 Å². The first-order valence-corrected chi connectivity index (χ1v) is 6.06. The molecule has 0 aliphatic carbocycles. The molecule has 1 fully saturated rings. The van der Waals surface area contributed by atoms with E-state index in [1.54, 1.807) is 0 Å². The lowest BCUT2D eigenvalue weighted by Crippen LogP contribution is -2.40. The van der Waals surface area contributed by atoms with Crippen molar-refractivity contribution in [1.29, 1.82) is 0 Å². The van der Waals surface area contributed by atoms with Crippen molar-refractivity contribution in [2.45, 2.75) is 18.9 Å². The molecule has 1 saturated heterocycles. The summed E-state index contributed by atoms with van der Waals surface area (Å²) < 4.78 is 2.01. The van der Waals surface area contributed by atoms with Gasteiger partial charge < -0.3 is 5.32 Å². The van der Waals surface area contributed by atoms with Crippen LogP contribution in [0.2, 0.25) is 0 Å². The predicted molar refractivity (Wildman–Crippen MR) is 65.2 cm³/mol. The van der Waals surface area contributed by atoms with Crippen molar-refractivity contribution in [3.8, 4) is 0 Å². The number of aromatic nitrogens is 2. The van der Waals surface area contributed by atoms with Crippen LogP contribution in [0.5, 0.6) is 0 Å². The number of aryl methyl sites for hydroxylation is 1. The van der Waals surface area contributed by atoms with Crippen LogP contribution in [0.4, 0.5) is 0 Å². The zero-order valence-electron chi connectivity index (χ0n) is 10.5. The number of nitrogens with zero attached hydrogens (tertiary/aromatic N) is 3. The maximum Gasteiger partial charge on any atom is 0.0555 e. The quantitative estimate of drug-likeness (QED) is 0.829. The molecule has 4 heteroatoms. The van der Waals surface area contributed by atoms with Crippen LogP contribution in [0, 0.1) is 5.92 Å². The molecule has 1 aromatic heterocycles. The Bertz CT molecular complexity index is 332. The third-order valence-corrected chi connectivity index (χ3v) is 3.64. The van der Waals surface area contributed by atoms with Crippen LogP contribution >= 0.6 is 0 Å². The predicted octanol–water partition coefficient (Wildman–Crippen LogP) is 1.02. The number of rotatable bonds is 3. The Morgan fingerprint density at radius 2 is 2.31 bits per heavy atom. The van der Waals surface area contributed by atoms with E-state index >= 15 is 0 Å². The van der Waals surface area contributed by atoms with Gasteiger partial charge in [0.05, 0.1) is 11.7 Å². The van der Waals surface area contributed by atoms with Gasteiger partial charge in [-0.15, -0.1) is 0 Å². The first-order valence-electron chi connectivity index (χ1n) is 6.06. The summed E-state index contributed by atoms with van der Waals surface area (Å²) in [6, 6.07) is 2.66. The molecule has 1 aliphatic rings. The molecule has 2 atom stereocenters. The number of piperidine rings is 1. The molecule has 1 N–H and O–H groups in total. The molecule has 4 nitrogen and oxygen atoms in total. The zero-order valence-corrected chi connectivity index (χ0v) is 10.5. The van der Waals surface area contributed by atoms with E-state index in [1.807, 2.05) is 25.0 Å². The van der Waals surface area contributed by atoms with Gasteiger partial charge in [-0.3, -0.25) is 9.58 Å². The van der Waals surface area contributed by atoms with Crippen LogP contribution in [0.1, 0.15) is 24.6 Å². The summed E-state index contributed by atoms with van der Waals surface area (Å²) in [5.41, 5.74) is 1.34. The summed E-state index contributed by atoms with van der Waals surface area (Å²) in [4.78, 5) is 2.46. The molecule has 0 unspecified atom stereocenters. The average Bonchev–Trinajstić information content (AvgIpc) is 2.65. The smallest absolute Gasteiger partial charge is 0.0555 e. The van der Waals surface area contributed by atoms with Gasteiger partial charge in [-0.1, -0.05) is 0 Å². The van der Waals surface area contributed by atoms with Gasteiger partial charge in [-0.2, -0.15) is 5.10 Å². The SMILES string of the molecule is CNC[C@H]1CCCN(C)[C@@H]1c1ccnn1C. The van der Waals surface area contributed by atoms with E-state index in [0.29, 0.717) is 12.0 Å². The summed E-state index contributed by atoms with van der Waals surface area (Å²) in [6.45, 7) is 2.27. The number of nitrogens with one attached hydrogen (secondary N) is 1. The van der Waals surface area contributed by atoms with Crippen LogP contribution in [0.15, 0.2) is 12.3 Å². The second-order valence-electron chi connectivity index (χ2n) is 4.77. The largest absolute Gasteiger partial charge is 0.319 e. The summed E-state index contributed by atoms with van der Waals surface area (Å²) in [5.74, 6) is 0.694. The lowest BCUT2D eigenvalue weighted by molar-refractivity contribution is 0.114. The number of hydrogen-bond acceptors (Lipinski definition) is 3. The highest BCUT2D eigenvalue weighted by atomic mass is 15.3. The summed E-state index contributed by atoms with van der Waals surface area (Å²) in [6.07, 6.45) is 4.51. The third-order valence-electron chi connectivity index (χ3n) is 3.64. The van der Waals surface area contributed by atoms with Crippen molar-refractivity contribution < 1.29 is 0 Å². The van der Waals surface area contributed by atoms with Gasteiger partial charge in [0.2, 0.25) is 0 Å². The van der Waals surface area contributed by atoms with E-state index in [-0.39, 0.29) is 0 Å². The summed E-state index contributed by atoms with van der Waals surface area (Å²) >= 11 is 0. The van der Waals surface area contributed by atoms with Gasteiger partial charge in [-0.05, 0) is 52.0 Å². The molecule has 0 radical (unpaired) electrons. The molecule has 0 spiro atoms. The molecule has 1 aromatic rings. The fourth-order valence-corrected chi connectivity index (χ4v) is 2.88. The monoisotopic (exact) mass is 222 g/mol. The minimum Gasteiger partial charge on any atom is -0.319 e. The van der Waals surface area contributed by atoms with Crippen LogP contribution < -0.4 is 5.32 Å². The van der Waals surface area contributed by atoms with Gasteiger partial charge in [-0.25, -0.2) is 0 Å². The lowest BCUT2D eigenvalue weighted by Gasteiger charge is -2.39. The molecule has 0 bridgehead atoms. The Hall–Kier alpha value is -0.870. The Kier molecular flexibility index (Phi) is 3.61. The van der Waals surface area contributed by atoms with Crippen molar-refractivity contribution in [2.24, 2.45) is 13.0 Å². The summed E-state index contributed by atoms with van der Waals surface area (Å²) in [5, 5.41) is 7.60. The van der Waals surface area contributed by atoms with Crippen LogP contribution in [-0.2, 0) is 7.05 Å². The Morgan fingerprint density at radius 1 is 1.50 bits per heavy atom. The van der Waals surface area contributed by atoms with Crippen molar-refractivity contribution in [3.05, 3.63) is 18.0 Å². The first kappa shape index (κ1) is 11.6. The normalized spacial score (nSPS) is 27.2. The fraction of sp³-hybridized carbons (Fsp3) is 0.750. The second kappa shape index (κ2) is 4.97. The van der Waals surface area contributed by atoms with E-state index in [2.05, 4.69) is 28.4 Å². The molecule has 0 saturated carbocycles. The van der Waals surface area contributed by atoms with Crippen LogP contribution in [0.25, 0.3) is 0 Å². The van der Waals surface area contributed by atoms with E-state index in [9.17, 15) is 0 Å². The van der Waals surface area contributed by atoms with Crippen molar-refractivity contribution in [1.82, 2.24) is 20.0 Å². The molecule has 16 heavy (non-hydrogen) atoms. The van der Waals surface area contributed by atoms with E-state index < -0.39 is 0 Å². The zero-order chi connectivity index (χ0) is 11.5. The average molecular weight is 222 g/mol. The molecule has 2 rings (SSSR count). The van der Waals surface area contributed by atoms with Gasteiger partial charge in [0, 0.05) is 13.2 Å². The van der Waals surface area contributed by atoms with Gasteiger partial charge in [0.25, 0.3) is 0 Å². The lowest BCUT2D eigenvalue weighted by atomic mass is 9.87. The van der Waals surface area contributed by atoms with Crippen molar-refractivity contribution in [2.75, 3.05) is 27.2 Å². The highest BCUT2D eigenvalue weighted by Crippen LogP contribution is 2.34. The highest BCUT2D eigenvalue weighted by molar-refractivity contribution is 5.10. The molecular formula is C12H22N4. The Morgan fingerprint density at radius 3 is 2.94 bits per heavy atom. The van der Waals surface area contributed by atoms with Gasteiger partial charge >= 0.3 is 0 Å². The number of hydrogen-bond donors (Lipinski definition) is 1. The molecule has 0 aromatic carbocycles. The topological polar surface area (TPSA) is 33.1 Å². The first-order chi connectivity index (χ1) is 7.74. The van der Waals surface area contributed by atoms with Gasteiger partial charge in [0.15, 0.2) is 0 Å². The molecule has 0 amide bonds. The molecule has 90 valence electrons. The van der Waals surface area contributed by atoms with E-state index in [0.717, 1.165) is 6.54 Å². The second-order valence-corrected chi connectivity index (χ2v) is 4.77. The molecule has 1 aliphatic heterocycles. The minimum absolute atomic E-state index is 0.508. The Balaban J connectivity index is 2.22. The third kappa shape index (κ3) is 2.13. The number of likely N-dealkylation sites (tertiary alicyclic amines) is 1. The highest BCUT2D eigenvalue weighted by Gasteiger charge is 2.31. The van der Waals surface area contributed by atoms with Crippen LogP contribution in [0.3, 0.4) is 0 Å².